The normalized spacial score (nSPS) is 19.3. The zero-order valence-corrected chi connectivity index (χ0v) is 21.8. The molecule has 0 bridgehead atoms. The molecule has 37 heavy (non-hydrogen) atoms. The fourth-order valence-corrected chi connectivity index (χ4v) is 5.49. The van der Waals surface area contributed by atoms with Crippen molar-refractivity contribution in [3.8, 4) is 5.75 Å². The number of methoxy groups -OCH3 is 1. The fourth-order valence-electron chi connectivity index (χ4n) is 5.49. The lowest BCUT2D eigenvalue weighted by molar-refractivity contribution is -0.141. The Balaban J connectivity index is 1.58. The predicted molar refractivity (Wildman–Crippen MR) is 139 cm³/mol. The summed E-state index contributed by atoms with van der Waals surface area (Å²) >= 11 is 0. The Labute approximate surface area is 216 Å². The highest BCUT2D eigenvalue weighted by Crippen LogP contribution is 2.45. The molecule has 0 spiro atoms. The van der Waals surface area contributed by atoms with E-state index in [9.17, 15) is 9.59 Å². The van der Waals surface area contributed by atoms with Gasteiger partial charge < -0.3 is 19.1 Å². The van der Waals surface area contributed by atoms with Gasteiger partial charge in [0.05, 0.1) is 37.5 Å². The summed E-state index contributed by atoms with van der Waals surface area (Å²) in [4.78, 5) is 27.9. The Morgan fingerprint density at radius 1 is 1.14 bits per heavy atom. The second-order valence-corrected chi connectivity index (χ2v) is 10.3. The molecular weight excluding hydrogens is 470 g/mol. The molecule has 194 valence electrons. The van der Waals surface area contributed by atoms with Gasteiger partial charge in [0.2, 0.25) is 0 Å². The standard InChI is InChI=1S/C29H33N3O5/c1-5-36-28(34)21-15-31-22(14-23(21)33)27-20-12-9-13-24(37-17-19-10-7-6-8-11-19)26(20)30-32(27)16-25(31)29(2,3)18-35-4/h6-13,15,22,25H,5,14,16-18H2,1-4H3. The Hall–Kier alpha value is -3.65. The van der Waals surface area contributed by atoms with Gasteiger partial charge in [-0.1, -0.05) is 56.3 Å². The minimum absolute atomic E-state index is 0.0644. The maximum absolute atomic E-state index is 13.2. The SMILES string of the molecule is CCOC(=O)C1=CN2C(CC1=O)c1c3cccc(OCc4ccccc4)c3nn1CC2C(C)(C)COC. The van der Waals surface area contributed by atoms with Crippen molar-refractivity contribution in [3.05, 3.63) is 71.6 Å². The lowest BCUT2D eigenvalue weighted by Crippen LogP contribution is -2.54. The van der Waals surface area contributed by atoms with Crippen molar-refractivity contribution >= 4 is 22.7 Å². The van der Waals surface area contributed by atoms with E-state index in [1.54, 1.807) is 20.2 Å². The van der Waals surface area contributed by atoms with Crippen molar-refractivity contribution in [3.63, 3.8) is 0 Å². The average Bonchev–Trinajstić information content (AvgIpc) is 3.27. The second-order valence-electron chi connectivity index (χ2n) is 10.3. The number of hydrogen-bond donors (Lipinski definition) is 0. The third-order valence-electron chi connectivity index (χ3n) is 7.26. The third-order valence-corrected chi connectivity index (χ3v) is 7.26. The molecule has 2 aromatic carbocycles. The van der Waals surface area contributed by atoms with Crippen LogP contribution in [0.5, 0.6) is 5.75 Å². The monoisotopic (exact) mass is 503 g/mol. The number of fused-ring (bicyclic) bond motifs is 5. The zero-order chi connectivity index (χ0) is 26.2. The molecule has 2 atom stereocenters. The van der Waals surface area contributed by atoms with Crippen LogP contribution in [0.15, 0.2) is 60.3 Å². The first-order chi connectivity index (χ1) is 17.8. The Kier molecular flexibility index (Phi) is 6.77. The van der Waals surface area contributed by atoms with Crippen molar-refractivity contribution in [2.75, 3.05) is 20.3 Å². The largest absolute Gasteiger partial charge is 0.487 e. The third kappa shape index (κ3) is 4.62. The topological polar surface area (TPSA) is 82.9 Å². The van der Waals surface area contributed by atoms with Crippen LogP contribution in [0.3, 0.4) is 0 Å². The van der Waals surface area contributed by atoms with Gasteiger partial charge in [0.15, 0.2) is 5.78 Å². The van der Waals surface area contributed by atoms with Crippen LogP contribution < -0.4 is 4.74 Å². The summed E-state index contributed by atoms with van der Waals surface area (Å²) in [6.07, 6.45) is 1.87. The van der Waals surface area contributed by atoms with Gasteiger partial charge in [-0.25, -0.2) is 4.79 Å². The summed E-state index contributed by atoms with van der Waals surface area (Å²) in [5, 5.41) is 5.94. The number of esters is 1. The van der Waals surface area contributed by atoms with Crippen LogP contribution >= 0.6 is 0 Å². The van der Waals surface area contributed by atoms with Crippen LogP contribution in [0.1, 0.15) is 44.5 Å². The highest BCUT2D eigenvalue weighted by molar-refractivity contribution is 6.18. The first-order valence-corrected chi connectivity index (χ1v) is 12.7. The molecule has 0 aliphatic carbocycles. The molecule has 5 rings (SSSR count). The Bertz CT molecular complexity index is 1340. The Morgan fingerprint density at radius 3 is 2.65 bits per heavy atom. The molecule has 2 aliphatic rings. The number of ether oxygens (including phenoxy) is 3. The summed E-state index contributed by atoms with van der Waals surface area (Å²) < 4.78 is 19.0. The number of ketones is 1. The molecule has 0 amide bonds. The zero-order valence-electron chi connectivity index (χ0n) is 21.8. The van der Waals surface area contributed by atoms with Crippen LogP contribution in [0.25, 0.3) is 10.9 Å². The molecule has 3 aromatic rings. The van der Waals surface area contributed by atoms with E-state index in [1.807, 2.05) is 53.2 Å². The summed E-state index contributed by atoms with van der Waals surface area (Å²) in [5.41, 5.74) is 2.61. The lowest BCUT2D eigenvalue weighted by atomic mass is 9.80. The van der Waals surface area contributed by atoms with Crippen LogP contribution in [-0.4, -0.2) is 52.8 Å². The molecule has 3 heterocycles. The number of aromatic nitrogens is 2. The summed E-state index contributed by atoms with van der Waals surface area (Å²) in [5.74, 6) is -0.0931. The molecule has 2 aliphatic heterocycles. The van der Waals surface area contributed by atoms with Gasteiger partial charge in [-0.2, -0.15) is 5.10 Å². The molecule has 1 aromatic heterocycles. The molecule has 2 unspecified atom stereocenters. The van der Waals surface area contributed by atoms with Crippen molar-refractivity contribution in [1.29, 1.82) is 0 Å². The van der Waals surface area contributed by atoms with E-state index >= 15 is 0 Å². The second kappa shape index (κ2) is 10.0. The van der Waals surface area contributed by atoms with Gasteiger partial charge in [-0.15, -0.1) is 0 Å². The number of Topliss-reactive ketones (excluding diaryl/α,β-unsaturated/α-hetero) is 1. The van der Waals surface area contributed by atoms with Gasteiger partial charge in [-0.3, -0.25) is 9.48 Å². The number of rotatable bonds is 8. The number of carbonyl (C=O) groups excluding carboxylic acids is 2. The van der Waals surface area contributed by atoms with E-state index in [0.29, 0.717) is 25.5 Å². The Morgan fingerprint density at radius 2 is 1.92 bits per heavy atom. The van der Waals surface area contributed by atoms with E-state index in [1.165, 1.54) is 0 Å². The maximum atomic E-state index is 13.2. The van der Waals surface area contributed by atoms with E-state index < -0.39 is 5.97 Å². The van der Waals surface area contributed by atoms with Crippen molar-refractivity contribution in [2.24, 2.45) is 5.41 Å². The van der Waals surface area contributed by atoms with Gasteiger partial charge in [0.25, 0.3) is 0 Å². The number of nitrogens with zero attached hydrogens (tertiary/aromatic N) is 3. The fraction of sp³-hybridized carbons (Fsp3) is 0.414. The number of hydrogen-bond acceptors (Lipinski definition) is 7. The van der Waals surface area contributed by atoms with Gasteiger partial charge in [0.1, 0.15) is 23.4 Å². The van der Waals surface area contributed by atoms with E-state index in [0.717, 1.165) is 22.2 Å². The molecule has 0 saturated carbocycles. The summed E-state index contributed by atoms with van der Waals surface area (Å²) in [6.45, 7) is 7.75. The first-order valence-electron chi connectivity index (χ1n) is 12.7. The summed E-state index contributed by atoms with van der Waals surface area (Å²) in [7, 11) is 1.69. The molecule has 8 nitrogen and oxygen atoms in total. The van der Waals surface area contributed by atoms with Crippen LogP contribution in [0.2, 0.25) is 0 Å². The first kappa shape index (κ1) is 25.0. The van der Waals surface area contributed by atoms with Gasteiger partial charge >= 0.3 is 5.97 Å². The smallest absolute Gasteiger partial charge is 0.343 e. The summed E-state index contributed by atoms with van der Waals surface area (Å²) in [6, 6.07) is 15.6. The minimum Gasteiger partial charge on any atom is -0.487 e. The van der Waals surface area contributed by atoms with Gasteiger partial charge in [0, 0.05) is 30.5 Å². The molecule has 8 heteroatoms. The maximum Gasteiger partial charge on any atom is 0.343 e. The molecule has 0 radical (unpaired) electrons. The van der Waals surface area contributed by atoms with Gasteiger partial charge in [-0.05, 0) is 18.6 Å². The van der Waals surface area contributed by atoms with Crippen molar-refractivity contribution in [2.45, 2.75) is 52.4 Å². The van der Waals surface area contributed by atoms with Crippen molar-refractivity contribution in [1.82, 2.24) is 14.7 Å². The molecular formula is C29H33N3O5. The average molecular weight is 504 g/mol. The highest BCUT2D eigenvalue weighted by Gasteiger charge is 2.46. The van der Waals surface area contributed by atoms with Crippen LogP contribution in [0, 0.1) is 5.41 Å². The quantitative estimate of drug-likeness (QED) is 0.332. The molecule has 0 N–H and O–H groups in total. The van der Waals surface area contributed by atoms with E-state index in [2.05, 4.69) is 18.7 Å². The van der Waals surface area contributed by atoms with E-state index in [4.69, 9.17) is 19.3 Å². The molecule has 0 fully saturated rings. The minimum atomic E-state index is -0.574. The lowest BCUT2D eigenvalue weighted by Gasteiger charge is -2.49. The number of carbonyl (C=O) groups is 2. The molecule has 0 saturated heterocycles. The van der Waals surface area contributed by atoms with Crippen molar-refractivity contribution < 1.29 is 23.8 Å². The predicted octanol–water partition coefficient (Wildman–Crippen LogP) is 4.43. The van der Waals surface area contributed by atoms with Crippen LogP contribution in [0.4, 0.5) is 0 Å². The number of benzene rings is 2. The van der Waals surface area contributed by atoms with E-state index in [-0.39, 0.29) is 41.9 Å². The van der Waals surface area contributed by atoms with Crippen LogP contribution in [-0.2, 0) is 32.2 Å². The highest BCUT2D eigenvalue weighted by atomic mass is 16.5.